The number of nitrogens with one attached hydrogen (secondary N) is 2. The first kappa shape index (κ1) is 18.5. The van der Waals surface area contributed by atoms with Crippen LogP contribution in [0.1, 0.15) is 23.9 Å². The van der Waals surface area contributed by atoms with Crippen LogP contribution in [-0.2, 0) is 23.1 Å². The molecule has 0 saturated carbocycles. The number of carbonyl (C=O) groups excluding carboxylic acids is 2. The van der Waals surface area contributed by atoms with E-state index < -0.39 is 0 Å². The van der Waals surface area contributed by atoms with Crippen molar-refractivity contribution < 1.29 is 14.3 Å². The first-order valence-electron chi connectivity index (χ1n) is 8.19. The van der Waals surface area contributed by atoms with Crippen molar-refractivity contribution in [2.75, 3.05) is 18.5 Å². The van der Waals surface area contributed by atoms with E-state index in [0.717, 1.165) is 17.8 Å². The number of hydrogen-bond acceptors (Lipinski definition) is 4. The standard InChI is InChI=1S/C18H24N4O3/c1-5-14-6-8-15(9-7-14)25-11-17(24)19-10-16(23)20-18-12(2)21-22(4)13(18)3/h6-9H,5,10-11H2,1-4H3,(H,19,24)(H,20,23). The van der Waals surface area contributed by atoms with E-state index >= 15 is 0 Å². The van der Waals surface area contributed by atoms with Gasteiger partial charge in [0.25, 0.3) is 5.91 Å². The van der Waals surface area contributed by atoms with E-state index in [1.807, 2.05) is 45.2 Å². The summed E-state index contributed by atoms with van der Waals surface area (Å²) in [6, 6.07) is 7.57. The second-order valence-electron chi connectivity index (χ2n) is 5.78. The number of aromatic nitrogens is 2. The molecule has 0 unspecified atom stereocenters. The first-order valence-corrected chi connectivity index (χ1v) is 8.19. The summed E-state index contributed by atoms with van der Waals surface area (Å²) in [5.41, 5.74) is 3.47. The minimum atomic E-state index is -0.352. The third-order valence-corrected chi connectivity index (χ3v) is 3.92. The number of anilines is 1. The molecule has 1 aromatic heterocycles. The van der Waals surface area contributed by atoms with Gasteiger partial charge in [-0.2, -0.15) is 5.10 Å². The number of ether oxygens (including phenoxy) is 1. The van der Waals surface area contributed by atoms with E-state index in [0.29, 0.717) is 11.4 Å². The van der Waals surface area contributed by atoms with Crippen molar-refractivity contribution in [3.63, 3.8) is 0 Å². The van der Waals surface area contributed by atoms with E-state index in [2.05, 4.69) is 22.7 Å². The molecule has 0 fully saturated rings. The summed E-state index contributed by atoms with van der Waals surface area (Å²) in [5.74, 6) is -0.0346. The third-order valence-electron chi connectivity index (χ3n) is 3.92. The summed E-state index contributed by atoms with van der Waals surface area (Å²) in [4.78, 5) is 23.8. The molecule has 0 saturated heterocycles. The Kier molecular flexibility index (Phi) is 6.16. The Morgan fingerprint density at radius 3 is 2.40 bits per heavy atom. The van der Waals surface area contributed by atoms with Crippen molar-refractivity contribution in [3.05, 3.63) is 41.2 Å². The fourth-order valence-electron chi connectivity index (χ4n) is 2.34. The minimum absolute atomic E-state index is 0.120. The van der Waals surface area contributed by atoms with Gasteiger partial charge in [0.1, 0.15) is 5.75 Å². The lowest BCUT2D eigenvalue weighted by atomic mass is 10.2. The lowest BCUT2D eigenvalue weighted by molar-refractivity contribution is -0.125. The highest BCUT2D eigenvalue weighted by atomic mass is 16.5. The van der Waals surface area contributed by atoms with Crippen LogP contribution in [-0.4, -0.2) is 34.7 Å². The largest absolute Gasteiger partial charge is 0.484 e. The number of nitrogens with zero attached hydrogens (tertiary/aromatic N) is 2. The molecule has 1 aromatic carbocycles. The summed E-state index contributed by atoms with van der Waals surface area (Å²) >= 11 is 0. The molecule has 2 aromatic rings. The summed E-state index contributed by atoms with van der Waals surface area (Å²) in [7, 11) is 1.81. The second-order valence-corrected chi connectivity index (χ2v) is 5.78. The Morgan fingerprint density at radius 2 is 1.84 bits per heavy atom. The fraction of sp³-hybridized carbons (Fsp3) is 0.389. The normalized spacial score (nSPS) is 10.4. The highest BCUT2D eigenvalue weighted by Crippen LogP contribution is 2.17. The average Bonchev–Trinajstić information content (AvgIpc) is 2.84. The van der Waals surface area contributed by atoms with E-state index in [-0.39, 0.29) is 25.0 Å². The predicted octanol–water partition coefficient (Wildman–Crippen LogP) is 1.73. The molecule has 2 amide bonds. The Bertz CT molecular complexity index is 750. The molecule has 134 valence electrons. The van der Waals surface area contributed by atoms with E-state index in [9.17, 15) is 9.59 Å². The van der Waals surface area contributed by atoms with Crippen molar-refractivity contribution in [2.45, 2.75) is 27.2 Å². The van der Waals surface area contributed by atoms with Gasteiger partial charge in [-0.05, 0) is 38.0 Å². The highest BCUT2D eigenvalue weighted by molar-refractivity contribution is 5.95. The van der Waals surface area contributed by atoms with Crippen LogP contribution in [0.15, 0.2) is 24.3 Å². The number of benzene rings is 1. The lowest BCUT2D eigenvalue weighted by Gasteiger charge is -2.09. The summed E-state index contributed by atoms with van der Waals surface area (Å²) in [5, 5.41) is 9.53. The molecular weight excluding hydrogens is 320 g/mol. The summed E-state index contributed by atoms with van der Waals surface area (Å²) < 4.78 is 7.10. The van der Waals surface area contributed by atoms with Crippen molar-refractivity contribution >= 4 is 17.5 Å². The predicted molar refractivity (Wildman–Crippen MR) is 95.6 cm³/mol. The topological polar surface area (TPSA) is 85.2 Å². The van der Waals surface area contributed by atoms with Crippen LogP contribution in [0, 0.1) is 13.8 Å². The molecule has 0 spiro atoms. The van der Waals surface area contributed by atoms with Gasteiger partial charge in [-0.15, -0.1) is 0 Å². The maximum absolute atomic E-state index is 12.0. The van der Waals surface area contributed by atoms with Crippen LogP contribution < -0.4 is 15.4 Å². The molecule has 0 radical (unpaired) electrons. The average molecular weight is 344 g/mol. The van der Waals surface area contributed by atoms with Gasteiger partial charge in [-0.1, -0.05) is 19.1 Å². The molecule has 2 N–H and O–H groups in total. The highest BCUT2D eigenvalue weighted by Gasteiger charge is 2.13. The van der Waals surface area contributed by atoms with E-state index in [1.54, 1.807) is 4.68 Å². The molecule has 7 heteroatoms. The van der Waals surface area contributed by atoms with Gasteiger partial charge in [0, 0.05) is 7.05 Å². The number of aryl methyl sites for hydroxylation is 3. The molecular formula is C18H24N4O3. The Labute approximate surface area is 147 Å². The van der Waals surface area contributed by atoms with E-state index in [4.69, 9.17) is 4.74 Å². The number of rotatable bonds is 7. The number of hydrogen-bond donors (Lipinski definition) is 2. The van der Waals surface area contributed by atoms with Crippen molar-refractivity contribution in [2.24, 2.45) is 7.05 Å². The fourth-order valence-corrected chi connectivity index (χ4v) is 2.34. The van der Waals surface area contributed by atoms with Gasteiger partial charge in [0.2, 0.25) is 5.91 Å². The van der Waals surface area contributed by atoms with E-state index in [1.165, 1.54) is 5.56 Å². The van der Waals surface area contributed by atoms with Crippen molar-refractivity contribution in [3.8, 4) is 5.75 Å². The SMILES string of the molecule is CCc1ccc(OCC(=O)NCC(=O)Nc2c(C)nn(C)c2C)cc1. The zero-order valence-corrected chi connectivity index (χ0v) is 15.0. The monoisotopic (exact) mass is 344 g/mol. The van der Waals surface area contributed by atoms with Crippen LogP contribution in [0.25, 0.3) is 0 Å². The van der Waals surface area contributed by atoms with Gasteiger partial charge in [-0.3, -0.25) is 14.3 Å². The number of carbonyl (C=O) groups is 2. The maximum Gasteiger partial charge on any atom is 0.258 e. The molecule has 0 aliphatic carbocycles. The van der Waals surface area contributed by atoms with Crippen molar-refractivity contribution in [1.82, 2.24) is 15.1 Å². The molecule has 2 rings (SSSR count). The second kappa shape index (κ2) is 8.32. The minimum Gasteiger partial charge on any atom is -0.484 e. The van der Waals surface area contributed by atoms with Gasteiger partial charge in [0.05, 0.1) is 23.6 Å². The van der Waals surface area contributed by atoms with Crippen LogP contribution >= 0.6 is 0 Å². The van der Waals surface area contributed by atoms with Crippen LogP contribution in [0.2, 0.25) is 0 Å². The molecule has 25 heavy (non-hydrogen) atoms. The Morgan fingerprint density at radius 1 is 1.16 bits per heavy atom. The molecule has 1 heterocycles. The summed E-state index contributed by atoms with van der Waals surface area (Å²) in [6.07, 6.45) is 0.950. The Balaban J connectivity index is 1.76. The van der Waals surface area contributed by atoms with Crippen molar-refractivity contribution in [1.29, 1.82) is 0 Å². The first-order chi connectivity index (χ1) is 11.9. The zero-order chi connectivity index (χ0) is 18.4. The summed E-state index contributed by atoms with van der Waals surface area (Å²) in [6.45, 7) is 5.50. The lowest BCUT2D eigenvalue weighted by Crippen LogP contribution is -2.35. The van der Waals surface area contributed by atoms with Crippen LogP contribution in [0.4, 0.5) is 5.69 Å². The molecule has 0 aliphatic heterocycles. The molecule has 0 atom stereocenters. The Hall–Kier alpha value is -2.83. The van der Waals surface area contributed by atoms with Gasteiger partial charge < -0.3 is 15.4 Å². The third kappa shape index (κ3) is 5.07. The molecule has 0 bridgehead atoms. The van der Waals surface area contributed by atoms with Gasteiger partial charge in [-0.25, -0.2) is 0 Å². The smallest absolute Gasteiger partial charge is 0.258 e. The molecule has 0 aliphatic rings. The van der Waals surface area contributed by atoms with Gasteiger partial charge in [0.15, 0.2) is 6.61 Å². The zero-order valence-electron chi connectivity index (χ0n) is 15.0. The van der Waals surface area contributed by atoms with Crippen LogP contribution in [0.5, 0.6) is 5.75 Å². The maximum atomic E-state index is 12.0. The molecule has 7 nitrogen and oxygen atoms in total. The van der Waals surface area contributed by atoms with Gasteiger partial charge >= 0.3 is 0 Å². The quantitative estimate of drug-likeness (QED) is 0.801. The number of amides is 2. The van der Waals surface area contributed by atoms with Crippen LogP contribution in [0.3, 0.4) is 0 Å².